The Kier molecular flexibility index (Phi) is 6.77. The Balaban J connectivity index is 1.32. The molecule has 3 aromatic rings. The van der Waals surface area contributed by atoms with Crippen LogP contribution in [0.25, 0.3) is 6.08 Å². The molecular weight excluding hydrogens is 390 g/mol. The van der Waals surface area contributed by atoms with Gasteiger partial charge in [0.15, 0.2) is 17.3 Å². The molecule has 0 aliphatic heterocycles. The molecule has 0 atom stereocenters. The molecule has 0 radical (unpaired) electrons. The Bertz CT molecular complexity index is 1040. The molecule has 2 aromatic heterocycles. The molecule has 1 aliphatic carbocycles. The largest absolute Gasteiger partial charge is 0.493 e. The van der Waals surface area contributed by atoms with Crippen LogP contribution in [0.1, 0.15) is 47.2 Å². The van der Waals surface area contributed by atoms with Crippen molar-refractivity contribution in [1.82, 2.24) is 14.5 Å². The van der Waals surface area contributed by atoms with Crippen molar-refractivity contribution in [2.75, 3.05) is 13.7 Å². The number of ketones is 1. The molecular formula is C25H27N3O3. The summed E-state index contributed by atoms with van der Waals surface area (Å²) in [7, 11) is 1.63. The highest BCUT2D eigenvalue weighted by Gasteiger charge is 2.27. The molecule has 0 spiro atoms. The minimum atomic E-state index is 0.0545. The summed E-state index contributed by atoms with van der Waals surface area (Å²) >= 11 is 0. The molecule has 160 valence electrons. The molecule has 1 aromatic carbocycles. The van der Waals surface area contributed by atoms with Crippen LogP contribution in [0.5, 0.6) is 11.5 Å². The zero-order valence-corrected chi connectivity index (χ0v) is 17.8. The van der Waals surface area contributed by atoms with Crippen LogP contribution in [-0.4, -0.2) is 34.0 Å². The van der Waals surface area contributed by atoms with Crippen LogP contribution in [0.2, 0.25) is 0 Å². The first-order valence-electron chi connectivity index (χ1n) is 10.7. The summed E-state index contributed by atoms with van der Waals surface area (Å²) in [5.74, 6) is 1.37. The maximum Gasteiger partial charge on any atom is 0.189 e. The minimum Gasteiger partial charge on any atom is -0.493 e. The summed E-state index contributed by atoms with van der Waals surface area (Å²) in [4.78, 5) is 21.0. The molecule has 0 unspecified atom stereocenters. The number of nitrogens with zero attached hydrogens (tertiary/aromatic N) is 3. The fourth-order valence-electron chi connectivity index (χ4n) is 3.82. The third kappa shape index (κ3) is 5.20. The average Bonchev–Trinajstić information content (AvgIpc) is 3.41. The number of imidazole rings is 1. The topological polar surface area (TPSA) is 66.2 Å². The lowest BCUT2D eigenvalue weighted by molar-refractivity contribution is 0.104. The Morgan fingerprint density at radius 3 is 2.65 bits per heavy atom. The highest BCUT2D eigenvalue weighted by atomic mass is 16.5. The van der Waals surface area contributed by atoms with E-state index in [0.29, 0.717) is 30.1 Å². The normalized spacial score (nSPS) is 14.1. The maximum atomic E-state index is 12.9. The second-order valence-corrected chi connectivity index (χ2v) is 7.68. The van der Waals surface area contributed by atoms with Crippen LogP contribution in [0, 0.1) is 0 Å². The van der Waals surface area contributed by atoms with Gasteiger partial charge in [-0.05, 0) is 54.3 Å². The number of allylic oxidation sites excluding steroid dienone is 1. The third-order valence-corrected chi connectivity index (χ3v) is 5.48. The number of carbonyl (C=O) groups excluding carboxylic acids is 1. The zero-order valence-electron chi connectivity index (χ0n) is 17.8. The van der Waals surface area contributed by atoms with Gasteiger partial charge in [0.25, 0.3) is 0 Å². The fraction of sp³-hybridized carbons (Fsp3) is 0.320. The Hall–Kier alpha value is -3.41. The van der Waals surface area contributed by atoms with Crippen LogP contribution in [0.3, 0.4) is 0 Å². The van der Waals surface area contributed by atoms with E-state index >= 15 is 0 Å². The van der Waals surface area contributed by atoms with Crippen molar-refractivity contribution >= 4 is 11.9 Å². The molecule has 0 bridgehead atoms. The van der Waals surface area contributed by atoms with Gasteiger partial charge in [0, 0.05) is 48.9 Å². The van der Waals surface area contributed by atoms with Gasteiger partial charge in [-0.25, -0.2) is 4.98 Å². The van der Waals surface area contributed by atoms with E-state index in [1.807, 2.05) is 42.9 Å². The smallest absolute Gasteiger partial charge is 0.189 e. The first-order valence-corrected chi connectivity index (χ1v) is 10.7. The highest BCUT2D eigenvalue weighted by molar-refractivity contribution is 6.15. The minimum absolute atomic E-state index is 0.0545. The number of aryl methyl sites for hydroxylation is 1. The number of Topliss-reactive ketones (excluding diaryl/α,β-unsaturated/α-hetero) is 1. The fourth-order valence-corrected chi connectivity index (χ4v) is 3.82. The Morgan fingerprint density at radius 2 is 1.87 bits per heavy atom. The summed E-state index contributed by atoms with van der Waals surface area (Å²) in [5, 5.41) is 0. The van der Waals surface area contributed by atoms with Crippen LogP contribution >= 0.6 is 0 Å². The van der Waals surface area contributed by atoms with Gasteiger partial charge in [0.2, 0.25) is 0 Å². The summed E-state index contributed by atoms with van der Waals surface area (Å²) in [5.41, 5.74) is 3.44. The number of carbonyl (C=O) groups is 1. The first kappa shape index (κ1) is 20.8. The maximum absolute atomic E-state index is 12.9. The predicted octanol–water partition coefficient (Wildman–Crippen LogP) is 4.75. The van der Waals surface area contributed by atoms with E-state index in [-0.39, 0.29) is 5.78 Å². The van der Waals surface area contributed by atoms with Crippen molar-refractivity contribution in [3.8, 4) is 11.5 Å². The molecule has 0 fully saturated rings. The monoisotopic (exact) mass is 417 g/mol. The number of aromatic nitrogens is 3. The first-order chi connectivity index (χ1) is 15.2. The number of fused-ring (bicyclic) bond motifs is 1. The van der Waals surface area contributed by atoms with Crippen LogP contribution in [0.15, 0.2) is 61.0 Å². The summed E-state index contributed by atoms with van der Waals surface area (Å²) in [6.07, 6.45) is 16.0. The van der Waals surface area contributed by atoms with E-state index in [0.717, 1.165) is 48.9 Å². The molecule has 0 saturated heterocycles. The third-order valence-electron chi connectivity index (χ3n) is 5.48. The van der Waals surface area contributed by atoms with Gasteiger partial charge in [-0.3, -0.25) is 9.78 Å². The lowest BCUT2D eigenvalue weighted by Gasteiger charge is -2.12. The number of pyridine rings is 1. The molecule has 0 saturated carbocycles. The van der Waals surface area contributed by atoms with E-state index in [1.165, 1.54) is 0 Å². The zero-order chi connectivity index (χ0) is 21.5. The molecule has 31 heavy (non-hydrogen) atoms. The number of ether oxygens (including phenoxy) is 2. The lowest BCUT2D eigenvalue weighted by Crippen LogP contribution is -2.02. The average molecular weight is 418 g/mol. The van der Waals surface area contributed by atoms with Crippen molar-refractivity contribution in [2.45, 2.75) is 38.6 Å². The number of methoxy groups -OCH3 is 1. The number of benzene rings is 1. The summed E-state index contributed by atoms with van der Waals surface area (Å²) < 4.78 is 13.6. The molecule has 1 aliphatic rings. The molecule has 4 rings (SSSR count). The van der Waals surface area contributed by atoms with Gasteiger partial charge in [-0.1, -0.05) is 12.8 Å². The number of rotatable bonds is 10. The van der Waals surface area contributed by atoms with Crippen molar-refractivity contribution in [3.05, 3.63) is 77.6 Å². The van der Waals surface area contributed by atoms with Crippen molar-refractivity contribution < 1.29 is 14.3 Å². The Morgan fingerprint density at radius 1 is 1.03 bits per heavy atom. The molecule has 0 N–H and O–H groups in total. The van der Waals surface area contributed by atoms with Gasteiger partial charge in [-0.2, -0.15) is 0 Å². The van der Waals surface area contributed by atoms with Gasteiger partial charge in [-0.15, -0.1) is 0 Å². The quantitative estimate of drug-likeness (QED) is 0.352. The van der Waals surface area contributed by atoms with E-state index in [1.54, 1.807) is 25.7 Å². The van der Waals surface area contributed by atoms with E-state index < -0.39 is 0 Å². The molecule has 6 nitrogen and oxygen atoms in total. The van der Waals surface area contributed by atoms with E-state index in [4.69, 9.17) is 9.47 Å². The second kappa shape index (κ2) is 10.1. The van der Waals surface area contributed by atoms with Crippen LogP contribution < -0.4 is 9.47 Å². The second-order valence-electron chi connectivity index (χ2n) is 7.68. The number of hydrogen-bond donors (Lipinski definition) is 0. The molecule has 6 heteroatoms. The Labute approximate surface area is 182 Å². The molecule has 2 heterocycles. The standard InChI is InChI=1S/C25H27N3O3/c1-30-23-16-20-15-21(14-19-6-8-26-9-7-19)25(29)22(20)17-24(23)31-13-5-3-2-4-11-28-12-10-27-18-28/h6-10,12,14,16-18H,2-5,11,13,15H2,1H3/b21-14-. The number of hydrogen-bond acceptors (Lipinski definition) is 5. The SMILES string of the molecule is COc1cc2c(cc1OCCCCCCn1ccnc1)C(=O)/C(=C\c1ccncc1)C2. The van der Waals surface area contributed by atoms with Crippen LogP contribution in [0.4, 0.5) is 0 Å². The van der Waals surface area contributed by atoms with Crippen molar-refractivity contribution in [1.29, 1.82) is 0 Å². The summed E-state index contributed by atoms with van der Waals surface area (Å²) in [6, 6.07) is 7.56. The van der Waals surface area contributed by atoms with Crippen LogP contribution in [-0.2, 0) is 13.0 Å². The van der Waals surface area contributed by atoms with E-state index in [9.17, 15) is 4.79 Å². The molecule has 0 amide bonds. The summed E-state index contributed by atoms with van der Waals surface area (Å²) in [6.45, 7) is 1.60. The lowest BCUT2D eigenvalue weighted by atomic mass is 10.1. The van der Waals surface area contributed by atoms with E-state index in [2.05, 4.69) is 14.5 Å². The van der Waals surface area contributed by atoms with Crippen molar-refractivity contribution in [3.63, 3.8) is 0 Å². The number of unbranched alkanes of at least 4 members (excludes halogenated alkanes) is 3. The van der Waals surface area contributed by atoms with Gasteiger partial charge < -0.3 is 14.0 Å². The van der Waals surface area contributed by atoms with Gasteiger partial charge >= 0.3 is 0 Å². The van der Waals surface area contributed by atoms with Gasteiger partial charge in [0.1, 0.15) is 0 Å². The predicted molar refractivity (Wildman–Crippen MR) is 119 cm³/mol. The highest BCUT2D eigenvalue weighted by Crippen LogP contribution is 2.37. The van der Waals surface area contributed by atoms with Gasteiger partial charge in [0.05, 0.1) is 20.0 Å². The van der Waals surface area contributed by atoms with Crippen molar-refractivity contribution in [2.24, 2.45) is 0 Å².